The predicted molar refractivity (Wildman–Crippen MR) is 76.9 cm³/mol. The lowest BCUT2D eigenvalue weighted by Gasteiger charge is -2.17. The van der Waals surface area contributed by atoms with Crippen LogP contribution in [0.4, 0.5) is 4.39 Å². The Morgan fingerprint density at radius 2 is 2.18 bits per heavy atom. The van der Waals surface area contributed by atoms with Crippen molar-refractivity contribution in [3.8, 4) is 0 Å². The summed E-state index contributed by atoms with van der Waals surface area (Å²) in [7, 11) is -3.12. The topological polar surface area (TPSA) is 131 Å². The maximum atomic E-state index is 14.3. The second-order valence-corrected chi connectivity index (χ2v) is 5.19. The number of nitrogens with one attached hydrogen (secondary N) is 1. The molecule has 0 spiro atoms. The van der Waals surface area contributed by atoms with E-state index in [1.54, 1.807) is 0 Å². The summed E-state index contributed by atoms with van der Waals surface area (Å²) in [6.07, 6.45) is -6.42. The number of hydrogen-bond donors (Lipinski definition) is 3. The molecule has 0 radical (unpaired) electrons. The Labute approximate surface area is 131 Å². The van der Waals surface area contributed by atoms with E-state index in [9.17, 15) is 23.7 Å². The highest BCUT2D eigenvalue weighted by Gasteiger charge is 2.53. The van der Waals surface area contributed by atoms with E-state index in [0.29, 0.717) is 0 Å². The molecule has 0 saturated carbocycles. The lowest BCUT2D eigenvalue weighted by Crippen LogP contribution is -2.37. The summed E-state index contributed by atoms with van der Waals surface area (Å²) in [5.41, 5.74) is -1.57. The van der Waals surface area contributed by atoms with Crippen molar-refractivity contribution < 1.29 is 28.2 Å². The average Bonchev–Trinajstić information content (AvgIpc) is 2.67. The first-order chi connectivity index (χ1) is 9.81. The predicted octanol–water partition coefficient (Wildman–Crippen LogP) is -0.699. The summed E-state index contributed by atoms with van der Waals surface area (Å²) < 4.78 is 35.6. The van der Waals surface area contributed by atoms with Crippen LogP contribution in [0.3, 0.4) is 0 Å². The number of alkyl halides is 1. The molecule has 1 aromatic rings. The first-order valence-electron chi connectivity index (χ1n) is 5.93. The molecule has 9 nitrogen and oxygen atoms in total. The number of aromatic amines is 1. The maximum Gasteiger partial charge on any atom is 0.695 e. The smallest absolute Gasteiger partial charge is 0.391 e. The molecule has 2 rings (SSSR count). The fourth-order valence-electron chi connectivity index (χ4n) is 2.11. The van der Waals surface area contributed by atoms with Gasteiger partial charge in [0.15, 0.2) is 18.5 Å². The fraction of sp³-hybridized carbons (Fsp3) is 0.600. The molecule has 6 atom stereocenters. The number of nitrogens with zero attached hydrogens (tertiary/aromatic N) is 1. The molecular formula is C10H15FN2O7PS+. The van der Waals surface area contributed by atoms with Gasteiger partial charge in [-0.1, -0.05) is 0 Å². The third-order valence-electron chi connectivity index (χ3n) is 3.02. The minimum Gasteiger partial charge on any atom is -0.391 e. The Morgan fingerprint density at radius 1 is 1.55 bits per heavy atom. The van der Waals surface area contributed by atoms with Crippen LogP contribution in [0.15, 0.2) is 21.9 Å². The molecule has 3 N–H and O–H groups in total. The molecule has 1 fully saturated rings. The summed E-state index contributed by atoms with van der Waals surface area (Å²) in [6.45, 7) is 1.29. The van der Waals surface area contributed by atoms with Gasteiger partial charge < -0.3 is 9.84 Å². The van der Waals surface area contributed by atoms with Crippen LogP contribution in [0.25, 0.3) is 0 Å². The van der Waals surface area contributed by atoms with E-state index in [2.05, 4.69) is 4.52 Å². The fourth-order valence-corrected chi connectivity index (χ4v) is 2.56. The van der Waals surface area contributed by atoms with Gasteiger partial charge in [0.05, 0.1) is 6.10 Å². The summed E-state index contributed by atoms with van der Waals surface area (Å²) in [5, 5.41) is 9.54. The van der Waals surface area contributed by atoms with Gasteiger partial charge >= 0.3 is 13.9 Å². The van der Waals surface area contributed by atoms with E-state index in [4.69, 9.17) is 9.63 Å². The van der Waals surface area contributed by atoms with Crippen LogP contribution in [0, 0.1) is 0 Å². The first kappa shape index (κ1) is 18.9. The zero-order chi connectivity index (χ0) is 15.7. The highest BCUT2D eigenvalue weighted by molar-refractivity contribution is 7.59. The van der Waals surface area contributed by atoms with Gasteiger partial charge in [0.2, 0.25) is 0 Å². The Bertz CT molecular complexity index is 651. The van der Waals surface area contributed by atoms with Crippen LogP contribution in [0.1, 0.15) is 13.2 Å². The van der Waals surface area contributed by atoms with Gasteiger partial charge in [-0.3, -0.25) is 14.3 Å². The minimum atomic E-state index is -3.12. The number of halogens is 1. The lowest BCUT2D eigenvalue weighted by molar-refractivity contribution is -0.0756. The van der Waals surface area contributed by atoms with Crippen molar-refractivity contribution in [1.82, 2.24) is 9.55 Å². The van der Waals surface area contributed by atoms with Crippen LogP contribution in [0.5, 0.6) is 0 Å². The van der Waals surface area contributed by atoms with E-state index < -0.39 is 50.2 Å². The quantitative estimate of drug-likeness (QED) is 0.607. The molecule has 0 aromatic carbocycles. The molecule has 124 valence electrons. The molecular weight excluding hydrogens is 342 g/mol. The van der Waals surface area contributed by atoms with Crippen molar-refractivity contribution in [2.24, 2.45) is 0 Å². The van der Waals surface area contributed by atoms with Crippen LogP contribution in [0.2, 0.25) is 0 Å². The largest absolute Gasteiger partial charge is 0.695 e. The zero-order valence-corrected chi connectivity index (χ0v) is 13.1. The van der Waals surface area contributed by atoms with Crippen molar-refractivity contribution >= 4 is 21.8 Å². The van der Waals surface area contributed by atoms with E-state index in [-0.39, 0.29) is 13.5 Å². The summed E-state index contributed by atoms with van der Waals surface area (Å²) in [4.78, 5) is 33.3. The molecule has 2 unspecified atom stereocenters. The van der Waals surface area contributed by atoms with E-state index in [0.717, 1.165) is 16.8 Å². The van der Waals surface area contributed by atoms with Crippen molar-refractivity contribution in [2.45, 2.75) is 37.6 Å². The average molecular weight is 357 g/mol. The van der Waals surface area contributed by atoms with Crippen LogP contribution < -0.4 is 11.2 Å². The lowest BCUT2D eigenvalue weighted by atomic mass is 10.1. The Kier molecular flexibility index (Phi) is 6.41. The summed E-state index contributed by atoms with van der Waals surface area (Å²) >= 11 is 0. The zero-order valence-electron chi connectivity index (χ0n) is 11.2. The highest BCUT2D eigenvalue weighted by Crippen LogP contribution is 2.38. The van der Waals surface area contributed by atoms with Gasteiger partial charge in [-0.05, 0) is 6.92 Å². The van der Waals surface area contributed by atoms with E-state index in [1.165, 1.54) is 6.92 Å². The number of ether oxygens (including phenoxy) is 1. The molecule has 12 heteroatoms. The number of H-pyrrole nitrogens is 1. The first-order valence-corrected chi connectivity index (χ1v) is 7.06. The molecule has 2 heterocycles. The van der Waals surface area contributed by atoms with Crippen LogP contribution >= 0.6 is 21.8 Å². The van der Waals surface area contributed by atoms with Gasteiger partial charge in [-0.25, -0.2) is 9.18 Å². The monoisotopic (exact) mass is 357 g/mol. The molecule has 0 aliphatic carbocycles. The Hall–Kier alpha value is -1.10. The van der Waals surface area contributed by atoms with Gasteiger partial charge in [-0.15, -0.1) is 9.42 Å². The Balaban J connectivity index is 0.00000242. The van der Waals surface area contributed by atoms with Crippen molar-refractivity contribution in [3.63, 3.8) is 0 Å². The number of hydrogen-bond acceptors (Lipinski definition) is 6. The molecule has 1 aromatic heterocycles. The standard InChI is InChI=1S/C10H12FN2O7P.H2S/c1-4(14)7-8(20-21(17)18)6(11)9(19-7)13-3-2-5(15)12-10(13)16;/h2-4,6-9,14H,1H3,(H-,12,15,16,17,18);1H2/p+1/t4-,6?,7+,8+,9+;/m0./s1. The third kappa shape index (κ3) is 3.80. The summed E-state index contributed by atoms with van der Waals surface area (Å²) in [5.74, 6) is 0. The highest BCUT2D eigenvalue weighted by atomic mass is 32.1. The number of aromatic nitrogens is 2. The Morgan fingerprint density at radius 3 is 2.68 bits per heavy atom. The number of aliphatic hydroxyl groups is 1. The molecule has 1 saturated heterocycles. The summed E-state index contributed by atoms with van der Waals surface area (Å²) in [6, 6.07) is 0.996. The third-order valence-corrected chi connectivity index (χ3v) is 3.44. The molecule has 0 bridgehead atoms. The van der Waals surface area contributed by atoms with Crippen molar-refractivity contribution in [2.75, 3.05) is 0 Å². The van der Waals surface area contributed by atoms with Crippen LogP contribution in [-0.4, -0.2) is 44.0 Å². The van der Waals surface area contributed by atoms with Crippen molar-refractivity contribution in [3.05, 3.63) is 33.1 Å². The minimum absolute atomic E-state index is 0. The number of aliphatic hydroxyl groups excluding tert-OH is 1. The van der Waals surface area contributed by atoms with Gasteiger partial charge in [0.1, 0.15) is 6.10 Å². The van der Waals surface area contributed by atoms with E-state index in [1.807, 2.05) is 4.98 Å². The van der Waals surface area contributed by atoms with E-state index >= 15 is 0 Å². The second-order valence-electron chi connectivity index (χ2n) is 4.50. The second kappa shape index (κ2) is 7.44. The molecule has 22 heavy (non-hydrogen) atoms. The molecule has 1 aliphatic heterocycles. The van der Waals surface area contributed by atoms with Crippen LogP contribution in [-0.2, 0) is 13.8 Å². The maximum absolute atomic E-state index is 14.3. The van der Waals surface area contributed by atoms with Gasteiger partial charge in [0.25, 0.3) is 5.56 Å². The number of rotatable bonds is 4. The van der Waals surface area contributed by atoms with Crippen molar-refractivity contribution in [1.29, 1.82) is 0 Å². The normalized spacial score (nSPS) is 29.7. The molecule has 1 aliphatic rings. The SMILES string of the molecule is C[C@H](O)[C@H]1O[C@@H](n2ccc(=O)[nH]c2=O)C(F)[C@H]1O[P+](=O)O.S. The van der Waals surface area contributed by atoms with Gasteiger partial charge in [0, 0.05) is 16.8 Å². The van der Waals surface area contributed by atoms with Gasteiger partial charge in [-0.2, -0.15) is 13.5 Å². The molecule has 0 amide bonds.